The van der Waals surface area contributed by atoms with Gasteiger partial charge in [0, 0.05) is 26.2 Å². The minimum absolute atomic E-state index is 0.948. The molecule has 19 heavy (non-hydrogen) atoms. The lowest BCUT2D eigenvalue weighted by Crippen LogP contribution is -2.32. The smallest absolute Gasteiger partial charge is 0.0237 e. The monoisotopic (exact) mass is 263 g/mol. The van der Waals surface area contributed by atoms with Crippen molar-refractivity contribution in [2.24, 2.45) is 0 Å². The molecule has 1 aromatic carbocycles. The summed E-state index contributed by atoms with van der Waals surface area (Å²) in [6, 6.07) is 8.75. The lowest BCUT2D eigenvalue weighted by molar-refractivity contribution is 0.233. The second kappa shape index (κ2) is 9.08. The molecule has 1 N–H and O–H groups in total. The van der Waals surface area contributed by atoms with E-state index >= 15 is 0 Å². The number of hydrogen-bond acceptors (Lipinski definition) is 3. The fraction of sp³-hybridized carbons (Fsp3) is 0.625. The van der Waals surface area contributed by atoms with E-state index in [0.29, 0.717) is 0 Å². The first-order valence-corrected chi connectivity index (χ1v) is 7.25. The summed E-state index contributed by atoms with van der Waals surface area (Å²) in [4.78, 5) is 4.80. The summed E-state index contributed by atoms with van der Waals surface area (Å²) in [6.07, 6.45) is 1.21. The van der Waals surface area contributed by atoms with Crippen molar-refractivity contribution < 1.29 is 0 Å². The Hall–Kier alpha value is -0.900. The van der Waals surface area contributed by atoms with E-state index in [1.165, 1.54) is 24.1 Å². The standard InChI is InChI=1S/C16H29N3/c1-5-10-19(12-11-18(3)4)14-16-9-7-6-8-15(16)13-17-2/h6-9,17H,5,10-14H2,1-4H3. The van der Waals surface area contributed by atoms with Gasteiger partial charge in [0.1, 0.15) is 0 Å². The topological polar surface area (TPSA) is 18.5 Å². The van der Waals surface area contributed by atoms with Crippen LogP contribution in [-0.4, -0.2) is 50.6 Å². The summed E-state index contributed by atoms with van der Waals surface area (Å²) in [5.74, 6) is 0. The van der Waals surface area contributed by atoms with E-state index in [-0.39, 0.29) is 0 Å². The van der Waals surface area contributed by atoms with E-state index in [1.807, 2.05) is 7.05 Å². The van der Waals surface area contributed by atoms with Crippen LogP contribution in [0.4, 0.5) is 0 Å². The van der Waals surface area contributed by atoms with Crippen LogP contribution in [0.1, 0.15) is 24.5 Å². The first-order chi connectivity index (χ1) is 9.17. The summed E-state index contributed by atoms with van der Waals surface area (Å²) in [7, 11) is 6.28. The van der Waals surface area contributed by atoms with Gasteiger partial charge in [-0.2, -0.15) is 0 Å². The minimum atomic E-state index is 0.948. The molecule has 0 amide bonds. The Bertz CT molecular complexity index is 350. The number of hydrogen-bond donors (Lipinski definition) is 1. The Morgan fingerprint density at radius 3 is 2.26 bits per heavy atom. The predicted octanol–water partition coefficient (Wildman–Crippen LogP) is 2.18. The quantitative estimate of drug-likeness (QED) is 0.737. The zero-order chi connectivity index (χ0) is 14.1. The highest BCUT2D eigenvalue weighted by Crippen LogP contribution is 2.12. The molecule has 0 saturated carbocycles. The van der Waals surface area contributed by atoms with E-state index < -0.39 is 0 Å². The fourth-order valence-electron chi connectivity index (χ4n) is 2.24. The first-order valence-electron chi connectivity index (χ1n) is 7.25. The molecule has 1 rings (SSSR count). The predicted molar refractivity (Wildman–Crippen MR) is 83.3 cm³/mol. The molecule has 0 saturated heterocycles. The summed E-state index contributed by atoms with van der Waals surface area (Å²) < 4.78 is 0. The zero-order valence-corrected chi connectivity index (χ0v) is 12.9. The molecular formula is C16H29N3. The van der Waals surface area contributed by atoms with Crippen molar-refractivity contribution in [1.82, 2.24) is 15.1 Å². The second-order valence-electron chi connectivity index (χ2n) is 5.38. The third-order valence-electron chi connectivity index (χ3n) is 3.28. The van der Waals surface area contributed by atoms with Crippen LogP contribution in [0.25, 0.3) is 0 Å². The molecule has 0 spiro atoms. The molecule has 0 atom stereocenters. The number of nitrogens with zero attached hydrogens (tertiary/aromatic N) is 2. The van der Waals surface area contributed by atoms with Crippen molar-refractivity contribution in [2.75, 3.05) is 40.8 Å². The Morgan fingerprint density at radius 2 is 1.68 bits per heavy atom. The Kier molecular flexibility index (Phi) is 7.72. The van der Waals surface area contributed by atoms with Crippen LogP contribution in [0.15, 0.2) is 24.3 Å². The highest BCUT2D eigenvalue weighted by Gasteiger charge is 2.08. The van der Waals surface area contributed by atoms with Crippen LogP contribution in [-0.2, 0) is 13.1 Å². The van der Waals surface area contributed by atoms with E-state index in [2.05, 4.69) is 60.4 Å². The molecule has 0 radical (unpaired) electrons. The summed E-state index contributed by atoms with van der Waals surface area (Å²) in [5.41, 5.74) is 2.86. The van der Waals surface area contributed by atoms with E-state index in [9.17, 15) is 0 Å². The average Bonchev–Trinajstić information content (AvgIpc) is 2.38. The van der Waals surface area contributed by atoms with Gasteiger partial charge in [0.25, 0.3) is 0 Å². The van der Waals surface area contributed by atoms with Crippen molar-refractivity contribution in [3.8, 4) is 0 Å². The molecule has 108 valence electrons. The Balaban J connectivity index is 2.66. The Labute approximate surface area is 118 Å². The average molecular weight is 263 g/mol. The van der Waals surface area contributed by atoms with Crippen molar-refractivity contribution >= 4 is 0 Å². The molecular weight excluding hydrogens is 234 g/mol. The zero-order valence-electron chi connectivity index (χ0n) is 12.9. The molecule has 0 unspecified atom stereocenters. The van der Waals surface area contributed by atoms with Crippen LogP contribution in [0.3, 0.4) is 0 Å². The van der Waals surface area contributed by atoms with E-state index in [0.717, 1.165) is 26.2 Å². The largest absolute Gasteiger partial charge is 0.316 e. The molecule has 3 heteroatoms. The maximum Gasteiger partial charge on any atom is 0.0237 e. The van der Waals surface area contributed by atoms with Crippen molar-refractivity contribution in [3.63, 3.8) is 0 Å². The Morgan fingerprint density at radius 1 is 1.00 bits per heavy atom. The third kappa shape index (κ3) is 6.19. The molecule has 0 heterocycles. The van der Waals surface area contributed by atoms with E-state index in [4.69, 9.17) is 0 Å². The van der Waals surface area contributed by atoms with Gasteiger partial charge in [-0.15, -0.1) is 0 Å². The lowest BCUT2D eigenvalue weighted by Gasteiger charge is -2.24. The van der Waals surface area contributed by atoms with Gasteiger partial charge in [-0.1, -0.05) is 31.2 Å². The molecule has 0 aliphatic carbocycles. The van der Waals surface area contributed by atoms with Crippen LogP contribution in [0, 0.1) is 0 Å². The van der Waals surface area contributed by atoms with Crippen LogP contribution < -0.4 is 5.32 Å². The van der Waals surface area contributed by atoms with Gasteiger partial charge < -0.3 is 10.2 Å². The first kappa shape index (κ1) is 16.2. The third-order valence-corrected chi connectivity index (χ3v) is 3.28. The fourth-order valence-corrected chi connectivity index (χ4v) is 2.24. The van der Waals surface area contributed by atoms with Crippen molar-refractivity contribution in [1.29, 1.82) is 0 Å². The van der Waals surface area contributed by atoms with Gasteiger partial charge in [0.15, 0.2) is 0 Å². The van der Waals surface area contributed by atoms with Gasteiger partial charge >= 0.3 is 0 Å². The molecule has 0 aliphatic heterocycles. The summed E-state index contributed by atoms with van der Waals surface area (Å²) in [5, 5.41) is 3.25. The number of benzene rings is 1. The van der Waals surface area contributed by atoms with E-state index in [1.54, 1.807) is 0 Å². The number of likely N-dealkylation sites (N-methyl/N-ethyl adjacent to an activating group) is 1. The highest BCUT2D eigenvalue weighted by molar-refractivity contribution is 5.26. The molecule has 3 nitrogen and oxygen atoms in total. The van der Waals surface area contributed by atoms with Crippen LogP contribution >= 0.6 is 0 Å². The summed E-state index contributed by atoms with van der Waals surface area (Å²) in [6.45, 7) is 7.68. The van der Waals surface area contributed by atoms with Crippen molar-refractivity contribution in [3.05, 3.63) is 35.4 Å². The van der Waals surface area contributed by atoms with Gasteiger partial charge in [0.2, 0.25) is 0 Å². The molecule has 0 aromatic heterocycles. The van der Waals surface area contributed by atoms with Gasteiger partial charge in [-0.3, -0.25) is 4.90 Å². The van der Waals surface area contributed by atoms with Gasteiger partial charge in [-0.05, 0) is 45.2 Å². The number of rotatable bonds is 9. The van der Waals surface area contributed by atoms with Crippen LogP contribution in [0.5, 0.6) is 0 Å². The second-order valence-corrected chi connectivity index (χ2v) is 5.38. The lowest BCUT2D eigenvalue weighted by atomic mass is 10.1. The van der Waals surface area contributed by atoms with Crippen molar-refractivity contribution in [2.45, 2.75) is 26.4 Å². The van der Waals surface area contributed by atoms with Gasteiger partial charge in [-0.25, -0.2) is 0 Å². The normalized spacial score (nSPS) is 11.5. The maximum absolute atomic E-state index is 3.25. The number of nitrogens with one attached hydrogen (secondary N) is 1. The minimum Gasteiger partial charge on any atom is -0.316 e. The molecule has 0 fully saturated rings. The highest BCUT2D eigenvalue weighted by atomic mass is 15.2. The SMILES string of the molecule is CCCN(CCN(C)C)Cc1ccccc1CNC. The van der Waals surface area contributed by atoms with Gasteiger partial charge in [0.05, 0.1) is 0 Å². The maximum atomic E-state index is 3.25. The van der Waals surface area contributed by atoms with Crippen LogP contribution in [0.2, 0.25) is 0 Å². The summed E-state index contributed by atoms with van der Waals surface area (Å²) >= 11 is 0. The molecule has 0 aliphatic rings. The molecule has 1 aromatic rings. The molecule has 0 bridgehead atoms.